The van der Waals surface area contributed by atoms with Gasteiger partial charge < -0.3 is 9.67 Å². The lowest BCUT2D eigenvalue weighted by Gasteiger charge is -2.17. The summed E-state index contributed by atoms with van der Waals surface area (Å²) >= 11 is 5.87. The number of aliphatic hydroxyl groups excluding tert-OH is 1. The van der Waals surface area contributed by atoms with Crippen LogP contribution in [0.3, 0.4) is 0 Å². The second-order valence-corrected chi connectivity index (χ2v) is 4.37. The predicted octanol–water partition coefficient (Wildman–Crippen LogP) is 2.30. The van der Waals surface area contributed by atoms with Crippen LogP contribution in [0.5, 0.6) is 0 Å². The van der Waals surface area contributed by atoms with Gasteiger partial charge in [-0.25, -0.2) is 4.98 Å². The number of aliphatic hydroxyl groups is 1. The molecule has 1 aromatic rings. The molecule has 4 heteroatoms. The maximum Gasteiger partial charge on any atom is 0.138 e. The fourth-order valence-corrected chi connectivity index (χ4v) is 2.30. The van der Waals surface area contributed by atoms with Crippen LogP contribution in [0.4, 0.5) is 0 Å². The highest BCUT2D eigenvalue weighted by Gasteiger charge is 2.27. The van der Waals surface area contributed by atoms with Gasteiger partial charge >= 0.3 is 0 Å². The fourth-order valence-electron chi connectivity index (χ4n) is 2.16. The Morgan fingerprint density at radius 3 is 2.71 bits per heavy atom. The van der Waals surface area contributed by atoms with Gasteiger partial charge in [0.2, 0.25) is 0 Å². The highest BCUT2D eigenvalue weighted by molar-refractivity contribution is 6.29. The van der Waals surface area contributed by atoms with Crippen LogP contribution in [0.15, 0.2) is 6.20 Å². The molecule has 0 bridgehead atoms. The van der Waals surface area contributed by atoms with E-state index in [1.54, 1.807) is 10.8 Å². The van der Waals surface area contributed by atoms with E-state index in [-0.39, 0.29) is 0 Å². The van der Waals surface area contributed by atoms with E-state index in [4.69, 9.17) is 11.6 Å². The molecule has 1 aliphatic rings. The zero-order chi connectivity index (χ0) is 10.1. The maximum atomic E-state index is 10.1. The highest BCUT2D eigenvalue weighted by Crippen LogP contribution is 2.35. The predicted molar refractivity (Wildman–Crippen MR) is 55.1 cm³/mol. The Balaban J connectivity index is 2.17. The molecular weight excluding hydrogens is 200 g/mol. The van der Waals surface area contributed by atoms with Gasteiger partial charge in [-0.15, -0.1) is 0 Å². The normalized spacial score (nSPS) is 20.2. The summed E-state index contributed by atoms with van der Waals surface area (Å²) in [7, 11) is 1.84. The molecule has 2 rings (SSSR count). The lowest BCUT2D eigenvalue weighted by Crippen LogP contribution is -2.13. The Labute approximate surface area is 88.7 Å². The van der Waals surface area contributed by atoms with Crippen LogP contribution in [0.1, 0.15) is 37.6 Å². The molecule has 0 amide bonds. The van der Waals surface area contributed by atoms with Crippen molar-refractivity contribution in [1.82, 2.24) is 9.55 Å². The van der Waals surface area contributed by atoms with E-state index < -0.39 is 6.10 Å². The number of imidazole rings is 1. The lowest BCUT2D eigenvalue weighted by atomic mass is 10.0. The molecule has 1 unspecified atom stereocenters. The molecule has 1 N–H and O–H groups in total. The first-order valence-electron chi connectivity index (χ1n) is 5.05. The average molecular weight is 215 g/mol. The van der Waals surface area contributed by atoms with Gasteiger partial charge in [0.25, 0.3) is 0 Å². The Morgan fingerprint density at radius 2 is 2.21 bits per heavy atom. The number of hydrogen-bond donors (Lipinski definition) is 1. The van der Waals surface area contributed by atoms with E-state index in [1.807, 2.05) is 7.05 Å². The molecule has 1 aromatic heterocycles. The minimum atomic E-state index is -0.449. The summed E-state index contributed by atoms with van der Waals surface area (Å²) in [5.41, 5.74) is 0. The molecule has 78 valence electrons. The quantitative estimate of drug-likeness (QED) is 0.821. The number of hydrogen-bond acceptors (Lipinski definition) is 2. The van der Waals surface area contributed by atoms with Gasteiger partial charge in [0.05, 0.1) is 6.20 Å². The number of rotatable bonds is 2. The Kier molecular flexibility index (Phi) is 2.79. The van der Waals surface area contributed by atoms with Crippen molar-refractivity contribution in [1.29, 1.82) is 0 Å². The van der Waals surface area contributed by atoms with Crippen LogP contribution in [0.25, 0.3) is 0 Å². The topological polar surface area (TPSA) is 38.0 Å². The summed E-state index contributed by atoms with van der Waals surface area (Å²) in [5, 5.41) is 10.7. The largest absolute Gasteiger partial charge is 0.385 e. The van der Waals surface area contributed by atoms with Crippen molar-refractivity contribution in [2.24, 2.45) is 13.0 Å². The lowest BCUT2D eigenvalue weighted by molar-refractivity contribution is 0.1000. The summed E-state index contributed by atoms with van der Waals surface area (Å²) < 4.78 is 1.75. The van der Waals surface area contributed by atoms with Gasteiger partial charge in [-0.1, -0.05) is 24.4 Å². The Bertz CT molecular complexity index is 318. The standard InChI is InChI=1S/C10H15ClN2O/c1-13-8(11)6-12-10(13)9(14)7-4-2-3-5-7/h6-7,9,14H,2-5H2,1H3. The van der Waals surface area contributed by atoms with E-state index in [0.29, 0.717) is 16.9 Å². The smallest absolute Gasteiger partial charge is 0.138 e. The van der Waals surface area contributed by atoms with Crippen molar-refractivity contribution in [2.45, 2.75) is 31.8 Å². The molecule has 0 radical (unpaired) electrons. The first kappa shape index (κ1) is 9.99. The summed E-state index contributed by atoms with van der Waals surface area (Å²) in [6, 6.07) is 0. The van der Waals surface area contributed by atoms with Crippen molar-refractivity contribution in [3.8, 4) is 0 Å². The third-order valence-corrected chi connectivity index (χ3v) is 3.43. The number of nitrogens with zero attached hydrogens (tertiary/aromatic N) is 2. The molecule has 0 aliphatic heterocycles. The van der Waals surface area contributed by atoms with Crippen LogP contribution >= 0.6 is 11.6 Å². The number of halogens is 1. The van der Waals surface area contributed by atoms with Gasteiger partial charge in [0.1, 0.15) is 17.1 Å². The molecule has 3 nitrogen and oxygen atoms in total. The van der Waals surface area contributed by atoms with Crippen molar-refractivity contribution in [2.75, 3.05) is 0 Å². The SMILES string of the molecule is Cn1c(Cl)cnc1C(O)C1CCCC1. The fraction of sp³-hybridized carbons (Fsp3) is 0.700. The first-order valence-corrected chi connectivity index (χ1v) is 5.43. The zero-order valence-electron chi connectivity index (χ0n) is 8.28. The summed E-state index contributed by atoms with van der Waals surface area (Å²) in [6.07, 6.45) is 5.79. The summed E-state index contributed by atoms with van der Waals surface area (Å²) in [6.45, 7) is 0. The Hall–Kier alpha value is -0.540. The highest BCUT2D eigenvalue weighted by atomic mass is 35.5. The van der Waals surface area contributed by atoms with Gasteiger partial charge in [-0.05, 0) is 18.8 Å². The van der Waals surface area contributed by atoms with Gasteiger partial charge in [-0.3, -0.25) is 0 Å². The molecule has 1 saturated carbocycles. The van der Waals surface area contributed by atoms with Crippen LogP contribution in [-0.4, -0.2) is 14.7 Å². The molecule has 1 aliphatic carbocycles. The van der Waals surface area contributed by atoms with Crippen LogP contribution in [0.2, 0.25) is 5.15 Å². The summed E-state index contributed by atoms with van der Waals surface area (Å²) in [4.78, 5) is 4.14. The van der Waals surface area contributed by atoms with Crippen molar-refractivity contribution in [3.05, 3.63) is 17.2 Å². The molecule has 1 fully saturated rings. The maximum absolute atomic E-state index is 10.1. The second-order valence-electron chi connectivity index (χ2n) is 3.99. The monoisotopic (exact) mass is 214 g/mol. The van der Waals surface area contributed by atoms with Crippen molar-refractivity contribution >= 4 is 11.6 Å². The van der Waals surface area contributed by atoms with Crippen LogP contribution in [0, 0.1) is 5.92 Å². The van der Waals surface area contributed by atoms with Crippen molar-refractivity contribution in [3.63, 3.8) is 0 Å². The third-order valence-electron chi connectivity index (χ3n) is 3.08. The minimum absolute atomic E-state index is 0.368. The van der Waals surface area contributed by atoms with E-state index in [2.05, 4.69) is 4.98 Å². The zero-order valence-corrected chi connectivity index (χ0v) is 9.04. The molecule has 0 aromatic carbocycles. The second kappa shape index (κ2) is 3.91. The molecule has 1 heterocycles. The molecular formula is C10H15ClN2O. The minimum Gasteiger partial charge on any atom is -0.385 e. The van der Waals surface area contributed by atoms with Crippen molar-refractivity contribution < 1.29 is 5.11 Å². The van der Waals surface area contributed by atoms with Crippen LogP contribution < -0.4 is 0 Å². The average Bonchev–Trinajstić information content (AvgIpc) is 2.77. The molecule has 1 atom stereocenters. The van der Waals surface area contributed by atoms with E-state index in [9.17, 15) is 5.11 Å². The van der Waals surface area contributed by atoms with Crippen LogP contribution in [-0.2, 0) is 7.05 Å². The third kappa shape index (κ3) is 1.66. The van der Waals surface area contributed by atoms with Gasteiger partial charge in [0.15, 0.2) is 0 Å². The summed E-state index contributed by atoms with van der Waals surface area (Å²) in [5.74, 6) is 1.06. The van der Waals surface area contributed by atoms with Gasteiger partial charge in [0, 0.05) is 7.05 Å². The van der Waals surface area contributed by atoms with E-state index in [0.717, 1.165) is 12.8 Å². The van der Waals surface area contributed by atoms with E-state index >= 15 is 0 Å². The molecule has 0 spiro atoms. The molecule has 0 saturated heterocycles. The van der Waals surface area contributed by atoms with E-state index in [1.165, 1.54) is 12.8 Å². The Morgan fingerprint density at radius 1 is 1.57 bits per heavy atom. The number of aromatic nitrogens is 2. The molecule has 14 heavy (non-hydrogen) atoms. The van der Waals surface area contributed by atoms with Gasteiger partial charge in [-0.2, -0.15) is 0 Å². The first-order chi connectivity index (χ1) is 6.70.